The van der Waals surface area contributed by atoms with Gasteiger partial charge in [0, 0.05) is 44.8 Å². The highest BCUT2D eigenvalue weighted by molar-refractivity contribution is 5.94. The molecule has 0 aromatic carbocycles. The lowest BCUT2D eigenvalue weighted by Crippen LogP contribution is -2.39. The third-order valence-electron chi connectivity index (χ3n) is 4.84. The average molecular weight is 412 g/mol. The van der Waals surface area contributed by atoms with Crippen LogP contribution in [0.15, 0.2) is 35.4 Å². The zero-order chi connectivity index (χ0) is 21.6. The molecule has 0 fully saturated rings. The second kappa shape index (κ2) is 7.13. The Hall–Kier alpha value is -3.40. The molecule has 0 saturated heterocycles. The Balaban J connectivity index is 1.65. The van der Waals surface area contributed by atoms with Gasteiger partial charge in [-0.3, -0.25) is 9.20 Å². The molecule has 158 valence electrons. The Morgan fingerprint density at radius 3 is 2.87 bits per heavy atom. The minimum absolute atomic E-state index is 0.194. The first kappa shape index (κ1) is 19.9. The Morgan fingerprint density at radius 1 is 1.37 bits per heavy atom. The van der Waals surface area contributed by atoms with E-state index in [4.69, 9.17) is 4.74 Å². The van der Waals surface area contributed by atoms with Crippen LogP contribution in [0.4, 0.5) is 11.5 Å². The van der Waals surface area contributed by atoms with Crippen LogP contribution in [0, 0.1) is 0 Å². The van der Waals surface area contributed by atoms with Crippen LogP contribution in [0.5, 0.6) is 5.75 Å². The number of likely N-dealkylation sites (N-methyl/N-ethyl adjacent to an activating group) is 1. The normalized spacial score (nSPS) is 13.8. The number of amides is 1. The van der Waals surface area contributed by atoms with E-state index >= 15 is 0 Å². The highest BCUT2D eigenvalue weighted by Gasteiger charge is 2.25. The van der Waals surface area contributed by atoms with Gasteiger partial charge in [0.2, 0.25) is 0 Å². The molecule has 10 heteroatoms. The van der Waals surface area contributed by atoms with Crippen LogP contribution in [0.3, 0.4) is 0 Å². The van der Waals surface area contributed by atoms with Crippen LogP contribution in [0.2, 0.25) is 0 Å². The number of aromatic nitrogens is 4. The van der Waals surface area contributed by atoms with Crippen molar-refractivity contribution in [2.75, 3.05) is 31.6 Å². The predicted molar refractivity (Wildman–Crippen MR) is 110 cm³/mol. The molecule has 0 bridgehead atoms. The molecule has 0 spiro atoms. The first-order valence-corrected chi connectivity index (χ1v) is 9.58. The number of hydrogen-bond acceptors (Lipinski definition) is 7. The quantitative estimate of drug-likeness (QED) is 0.676. The summed E-state index contributed by atoms with van der Waals surface area (Å²) in [5.41, 5.74) is 0.534. The van der Waals surface area contributed by atoms with Gasteiger partial charge in [0.15, 0.2) is 17.2 Å². The zero-order valence-electron chi connectivity index (χ0n) is 17.4. The van der Waals surface area contributed by atoms with Gasteiger partial charge < -0.3 is 19.6 Å². The monoisotopic (exact) mass is 412 g/mol. The van der Waals surface area contributed by atoms with E-state index in [9.17, 15) is 14.7 Å². The Morgan fingerprint density at radius 2 is 2.13 bits per heavy atom. The molecule has 0 saturated carbocycles. The Kier molecular flexibility index (Phi) is 4.73. The van der Waals surface area contributed by atoms with E-state index in [0.717, 1.165) is 5.69 Å². The molecule has 1 aliphatic rings. The fraction of sp³-hybridized carbons (Fsp3) is 0.400. The maximum absolute atomic E-state index is 12.7. The van der Waals surface area contributed by atoms with E-state index in [2.05, 4.69) is 10.1 Å². The zero-order valence-corrected chi connectivity index (χ0v) is 17.4. The van der Waals surface area contributed by atoms with Crippen molar-refractivity contribution in [2.24, 2.45) is 7.05 Å². The van der Waals surface area contributed by atoms with Crippen molar-refractivity contribution >= 4 is 23.1 Å². The first-order chi connectivity index (χ1) is 14.1. The summed E-state index contributed by atoms with van der Waals surface area (Å²) in [7, 11) is 3.24. The topological polar surface area (TPSA) is 105 Å². The summed E-state index contributed by atoms with van der Waals surface area (Å²) < 4.78 is 8.51. The fourth-order valence-electron chi connectivity index (χ4n) is 3.58. The van der Waals surface area contributed by atoms with Gasteiger partial charge in [-0.2, -0.15) is 5.10 Å². The van der Waals surface area contributed by atoms with E-state index in [-0.39, 0.29) is 18.1 Å². The van der Waals surface area contributed by atoms with Gasteiger partial charge >= 0.3 is 5.69 Å². The minimum Gasteiger partial charge on any atom is -0.488 e. The molecule has 1 N–H and O–H groups in total. The molecule has 1 aliphatic heterocycles. The van der Waals surface area contributed by atoms with Crippen LogP contribution in [0.1, 0.15) is 24.2 Å². The SMILES string of the molecule is CN(CC(C)(C)O)C(=O)c1cnc2c(c1)OCCN2c1ccn2c(=O)n(C)nc2c1. The molecule has 0 aliphatic carbocycles. The molecule has 4 heterocycles. The second-order valence-electron chi connectivity index (χ2n) is 8.04. The van der Waals surface area contributed by atoms with Gasteiger partial charge in [0.05, 0.1) is 17.7 Å². The highest BCUT2D eigenvalue weighted by Crippen LogP contribution is 2.35. The van der Waals surface area contributed by atoms with Crippen molar-refractivity contribution in [3.63, 3.8) is 0 Å². The number of aryl methyl sites for hydroxylation is 1. The molecule has 4 rings (SSSR count). The van der Waals surface area contributed by atoms with Gasteiger partial charge in [-0.25, -0.2) is 14.5 Å². The molecule has 30 heavy (non-hydrogen) atoms. The van der Waals surface area contributed by atoms with E-state index in [0.29, 0.717) is 35.9 Å². The smallest absolute Gasteiger partial charge is 0.350 e. The second-order valence-corrected chi connectivity index (χ2v) is 8.04. The van der Waals surface area contributed by atoms with Crippen molar-refractivity contribution in [1.29, 1.82) is 0 Å². The molecule has 0 atom stereocenters. The van der Waals surface area contributed by atoms with Crippen LogP contribution in [-0.4, -0.2) is 67.4 Å². The number of nitrogens with zero attached hydrogens (tertiary/aromatic N) is 6. The lowest BCUT2D eigenvalue weighted by Gasteiger charge is -2.30. The summed E-state index contributed by atoms with van der Waals surface area (Å²) in [6.07, 6.45) is 3.19. The number of hydrogen-bond donors (Lipinski definition) is 1. The molecule has 0 radical (unpaired) electrons. The summed E-state index contributed by atoms with van der Waals surface area (Å²) in [5, 5.41) is 14.2. The van der Waals surface area contributed by atoms with Crippen molar-refractivity contribution in [2.45, 2.75) is 19.4 Å². The standard InChI is InChI=1S/C20H24N6O4/c1-20(2,29)12-23(3)18(27)13-9-15-17(21-11-13)25(7-8-30-15)14-5-6-26-16(10-14)22-24(4)19(26)28/h5-6,9-11,29H,7-8,12H2,1-4H3. The van der Waals surface area contributed by atoms with Gasteiger partial charge in [-0.1, -0.05) is 0 Å². The van der Waals surface area contributed by atoms with Crippen molar-refractivity contribution in [3.05, 3.63) is 46.6 Å². The number of carbonyl (C=O) groups excluding carboxylic acids is 1. The van der Waals surface area contributed by atoms with E-state index in [1.54, 1.807) is 40.2 Å². The third kappa shape index (κ3) is 3.61. The number of pyridine rings is 2. The number of ether oxygens (including phenoxy) is 1. The Labute approximate surface area is 172 Å². The summed E-state index contributed by atoms with van der Waals surface area (Å²) in [5.74, 6) is 0.843. The number of fused-ring (bicyclic) bond motifs is 2. The molecule has 0 unspecified atom stereocenters. The average Bonchev–Trinajstić information content (AvgIpc) is 2.98. The summed E-state index contributed by atoms with van der Waals surface area (Å²) in [4.78, 5) is 32.6. The first-order valence-electron chi connectivity index (χ1n) is 9.58. The van der Waals surface area contributed by atoms with E-state index < -0.39 is 5.60 Å². The molecule has 10 nitrogen and oxygen atoms in total. The lowest BCUT2D eigenvalue weighted by atomic mass is 10.1. The predicted octanol–water partition coefficient (Wildman–Crippen LogP) is 0.801. The molecule has 1 amide bonds. The maximum atomic E-state index is 12.7. The molecule has 3 aromatic rings. The summed E-state index contributed by atoms with van der Waals surface area (Å²) in [6, 6.07) is 5.30. The van der Waals surface area contributed by atoms with Gasteiger partial charge in [-0.15, -0.1) is 0 Å². The number of carbonyl (C=O) groups is 1. The minimum atomic E-state index is -0.995. The largest absolute Gasteiger partial charge is 0.488 e. The van der Waals surface area contributed by atoms with E-state index in [1.165, 1.54) is 20.2 Å². The number of anilines is 2. The molecular formula is C20H24N6O4. The van der Waals surface area contributed by atoms with Crippen LogP contribution < -0.4 is 15.3 Å². The molecule has 3 aromatic heterocycles. The highest BCUT2D eigenvalue weighted by atomic mass is 16.5. The van der Waals surface area contributed by atoms with Gasteiger partial charge in [-0.05, 0) is 26.0 Å². The number of aliphatic hydroxyl groups is 1. The summed E-state index contributed by atoms with van der Waals surface area (Å²) >= 11 is 0. The summed E-state index contributed by atoms with van der Waals surface area (Å²) in [6.45, 7) is 4.48. The van der Waals surface area contributed by atoms with Crippen LogP contribution in [0.25, 0.3) is 5.65 Å². The fourth-order valence-corrected chi connectivity index (χ4v) is 3.58. The van der Waals surface area contributed by atoms with Gasteiger partial charge in [0.25, 0.3) is 5.91 Å². The van der Waals surface area contributed by atoms with Gasteiger partial charge in [0.1, 0.15) is 6.61 Å². The van der Waals surface area contributed by atoms with E-state index in [1.807, 2.05) is 17.0 Å². The van der Waals surface area contributed by atoms with Crippen molar-refractivity contribution in [1.82, 2.24) is 24.1 Å². The number of rotatable bonds is 4. The lowest BCUT2D eigenvalue weighted by molar-refractivity contribution is 0.0367. The van der Waals surface area contributed by atoms with Crippen LogP contribution >= 0.6 is 0 Å². The Bertz CT molecular complexity index is 1180. The third-order valence-corrected chi connectivity index (χ3v) is 4.84. The maximum Gasteiger partial charge on any atom is 0.350 e. The van der Waals surface area contributed by atoms with Crippen molar-refractivity contribution in [3.8, 4) is 5.75 Å². The molecular weight excluding hydrogens is 388 g/mol. The van der Waals surface area contributed by atoms with Crippen molar-refractivity contribution < 1.29 is 14.6 Å². The van der Waals surface area contributed by atoms with Crippen LogP contribution in [-0.2, 0) is 7.05 Å².